The van der Waals surface area contributed by atoms with Crippen LogP contribution in [0.15, 0.2) is 24.3 Å². The number of carbonyl (C=O) groups is 1. The number of rotatable bonds is 9. The molecular formula is C18H29N3O4S. The van der Waals surface area contributed by atoms with Crippen molar-refractivity contribution >= 4 is 21.6 Å². The number of methoxy groups -OCH3 is 1. The van der Waals surface area contributed by atoms with Gasteiger partial charge < -0.3 is 15.0 Å². The van der Waals surface area contributed by atoms with Gasteiger partial charge in [0.2, 0.25) is 15.9 Å². The van der Waals surface area contributed by atoms with Crippen molar-refractivity contribution in [2.75, 3.05) is 43.8 Å². The number of benzene rings is 1. The molecule has 1 aromatic rings. The van der Waals surface area contributed by atoms with Crippen LogP contribution in [-0.2, 0) is 14.8 Å². The lowest BCUT2D eigenvalue weighted by Crippen LogP contribution is -2.48. The van der Waals surface area contributed by atoms with E-state index in [2.05, 4.69) is 10.2 Å². The highest BCUT2D eigenvalue weighted by atomic mass is 32.2. The molecule has 1 unspecified atom stereocenters. The maximum absolute atomic E-state index is 12.5. The lowest BCUT2D eigenvalue weighted by molar-refractivity contribution is -0.121. The van der Waals surface area contributed by atoms with Crippen LogP contribution in [0.5, 0.6) is 5.75 Å². The Bertz CT molecular complexity index is 685. The molecule has 0 aromatic heterocycles. The predicted octanol–water partition coefficient (Wildman–Crippen LogP) is 1.45. The fraction of sp³-hybridized carbons (Fsp3) is 0.611. The average Bonchev–Trinajstić information content (AvgIpc) is 3.11. The maximum atomic E-state index is 12.5. The summed E-state index contributed by atoms with van der Waals surface area (Å²) in [5, 5.41) is 2.85. The van der Waals surface area contributed by atoms with E-state index in [1.807, 2.05) is 0 Å². The van der Waals surface area contributed by atoms with E-state index >= 15 is 0 Å². The molecule has 2 rings (SSSR count). The van der Waals surface area contributed by atoms with E-state index in [0.29, 0.717) is 18.0 Å². The van der Waals surface area contributed by atoms with Gasteiger partial charge in [-0.3, -0.25) is 9.10 Å². The van der Waals surface area contributed by atoms with E-state index in [4.69, 9.17) is 4.74 Å². The summed E-state index contributed by atoms with van der Waals surface area (Å²) in [6, 6.07) is 5.79. The molecule has 1 amide bonds. The Morgan fingerprint density at radius 1 is 1.27 bits per heavy atom. The van der Waals surface area contributed by atoms with Crippen molar-refractivity contribution < 1.29 is 17.9 Å². The highest BCUT2D eigenvalue weighted by Crippen LogP contribution is 2.23. The summed E-state index contributed by atoms with van der Waals surface area (Å²) in [7, 11) is -2.06. The van der Waals surface area contributed by atoms with E-state index in [0.717, 1.165) is 36.6 Å². The molecule has 1 heterocycles. The lowest BCUT2D eigenvalue weighted by atomic mass is 10.2. The third kappa shape index (κ3) is 5.60. The minimum atomic E-state index is -3.60. The normalized spacial score (nSPS) is 16.3. The third-order valence-electron chi connectivity index (χ3n) is 4.56. The second kappa shape index (κ2) is 9.23. The molecule has 1 atom stereocenters. The van der Waals surface area contributed by atoms with Gasteiger partial charge in [0.25, 0.3) is 0 Å². The zero-order valence-electron chi connectivity index (χ0n) is 15.8. The van der Waals surface area contributed by atoms with Gasteiger partial charge in [0.15, 0.2) is 0 Å². The summed E-state index contributed by atoms with van der Waals surface area (Å²) in [5.41, 5.74) is 0.438. The number of anilines is 1. The van der Waals surface area contributed by atoms with Gasteiger partial charge in [0, 0.05) is 6.54 Å². The van der Waals surface area contributed by atoms with Crippen molar-refractivity contribution in [2.45, 2.75) is 32.2 Å². The zero-order valence-corrected chi connectivity index (χ0v) is 16.6. The summed E-state index contributed by atoms with van der Waals surface area (Å²) in [5.74, 6) is 0.328. The first kappa shape index (κ1) is 20.5. The Hall–Kier alpha value is -1.80. The first-order chi connectivity index (χ1) is 12.3. The SMILES string of the molecule is COc1ccc(N(C(C)C(=O)NCCCN2CCCC2)S(C)(=O)=O)cc1. The van der Waals surface area contributed by atoms with E-state index in [-0.39, 0.29) is 5.91 Å². The minimum absolute atomic E-state index is 0.298. The molecule has 1 aliphatic heterocycles. The number of amides is 1. The average molecular weight is 384 g/mol. The molecule has 0 spiro atoms. The highest BCUT2D eigenvalue weighted by Gasteiger charge is 2.28. The Labute approximate surface area is 156 Å². The predicted molar refractivity (Wildman–Crippen MR) is 103 cm³/mol. The number of hydrogen-bond acceptors (Lipinski definition) is 5. The van der Waals surface area contributed by atoms with Crippen molar-refractivity contribution in [2.24, 2.45) is 0 Å². The van der Waals surface area contributed by atoms with E-state index < -0.39 is 16.1 Å². The quantitative estimate of drug-likeness (QED) is 0.653. The molecule has 1 aromatic carbocycles. The number of carbonyl (C=O) groups excluding carboxylic acids is 1. The van der Waals surface area contributed by atoms with Gasteiger partial charge in [0.05, 0.1) is 19.1 Å². The van der Waals surface area contributed by atoms with E-state index in [9.17, 15) is 13.2 Å². The second-order valence-electron chi connectivity index (χ2n) is 6.63. The standard InChI is InChI=1S/C18H29N3O4S/c1-15(18(22)19-11-6-14-20-12-4-5-13-20)21(26(3,23)24)16-7-9-17(25-2)10-8-16/h7-10,15H,4-6,11-14H2,1-3H3,(H,19,22). The van der Waals surface area contributed by atoms with Gasteiger partial charge >= 0.3 is 0 Å². The summed E-state index contributed by atoms with van der Waals surface area (Å²) in [4.78, 5) is 14.9. The second-order valence-corrected chi connectivity index (χ2v) is 8.49. The molecule has 1 N–H and O–H groups in total. The molecule has 7 nitrogen and oxygen atoms in total. The highest BCUT2D eigenvalue weighted by molar-refractivity contribution is 7.92. The van der Waals surface area contributed by atoms with Crippen molar-refractivity contribution in [3.05, 3.63) is 24.3 Å². The van der Waals surface area contributed by atoms with E-state index in [1.54, 1.807) is 38.3 Å². The molecule has 0 bridgehead atoms. The first-order valence-electron chi connectivity index (χ1n) is 8.96. The molecule has 1 aliphatic rings. The number of nitrogens with zero attached hydrogens (tertiary/aromatic N) is 2. The molecular weight excluding hydrogens is 354 g/mol. The van der Waals surface area contributed by atoms with Crippen molar-refractivity contribution in [1.82, 2.24) is 10.2 Å². The fourth-order valence-electron chi connectivity index (χ4n) is 3.21. The van der Waals surface area contributed by atoms with Gasteiger partial charge in [0.1, 0.15) is 11.8 Å². The molecule has 26 heavy (non-hydrogen) atoms. The smallest absolute Gasteiger partial charge is 0.243 e. The Morgan fingerprint density at radius 2 is 1.88 bits per heavy atom. The first-order valence-corrected chi connectivity index (χ1v) is 10.8. The molecule has 0 aliphatic carbocycles. The molecule has 1 fully saturated rings. The van der Waals surface area contributed by atoms with Crippen LogP contribution in [0, 0.1) is 0 Å². The molecule has 0 saturated carbocycles. The number of sulfonamides is 1. The molecule has 1 saturated heterocycles. The van der Waals surface area contributed by atoms with Crippen molar-refractivity contribution in [3.63, 3.8) is 0 Å². The van der Waals surface area contributed by atoms with Crippen molar-refractivity contribution in [1.29, 1.82) is 0 Å². The van der Waals surface area contributed by atoms with Crippen LogP contribution in [0.2, 0.25) is 0 Å². The van der Waals surface area contributed by atoms with Crippen LogP contribution in [0.25, 0.3) is 0 Å². The van der Waals surface area contributed by atoms with Crippen LogP contribution >= 0.6 is 0 Å². The molecule has 0 radical (unpaired) electrons. The van der Waals surface area contributed by atoms with Crippen LogP contribution in [0.4, 0.5) is 5.69 Å². The fourth-order valence-corrected chi connectivity index (χ4v) is 4.38. The number of likely N-dealkylation sites (tertiary alicyclic amines) is 1. The summed E-state index contributed by atoms with van der Waals surface area (Å²) >= 11 is 0. The molecule has 8 heteroatoms. The van der Waals surface area contributed by atoms with Gasteiger partial charge in [-0.1, -0.05) is 0 Å². The van der Waals surface area contributed by atoms with Crippen LogP contribution in [-0.4, -0.2) is 64.8 Å². The van der Waals surface area contributed by atoms with Crippen LogP contribution < -0.4 is 14.4 Å². The summed E-state index contributed by atoms with van der Waals surface area (Å²) < 4.78 is 30.7. The lowest BCUT2D eigenvalue weighted by Gasteiger charge is -2.28. The van der Waals surface area contributed by atoms with Crippen LogP contribution in [0.3, 0.4) is 0 Å². The van der Waals surface area contributed by atoms with Crippen molar-refractivity contribution in [3.8, 4) is 5.75 Å². The topological polar surface area (TPSA) is 79.0 Å². The van der Waals surface area contributed by atoms with Gasteiger partial charge in [-0.15, -0.1) is 0 Å². The number of ether oxygens (including phenoxy) is 1. The van der Waals surface area contributed by atoms with Gasteiger partial charge in [-0.25, -0.2) is 8.42 Å². The van der Waals surface area contributed by atoms with Gasteiger partial charge in [-0.2, -0.15) is 0 Å². The molecule has 146 valence electrons. The Kier molecular flexibility index (Phi) is 7.28. The number of hydrogen-bond donors (Lipinski definition) is 1. The monoisotopic (exact) mass is 383 g/mol. The Morgan fingerprint density at radius 3 is 2.42 bits per heavy atom. The zero-order chi connectivity index (χ0) is 19.2. The van der Waals surface area contributed by atoms with E-state index in [1.165, 1.54) is 12.8 Å². The minimum Gasteiger partial charge on any atom is -0.497 e. The summed E-state index contributed by atoms with van der Waals surface area (Å²) in [6.07, 6.45) is 4.46. The third-order valence-corrected chi connectivity index (χ3v) is 5.81. The number of nitrogens with one attached hydrogen (secondary N) is 1. The maximum Gasteiger partial charge on any atom is 0.243 e. The largest absolute Gasteiger partial charge is 0.497 e. The Balaban J connectivity index is 1.96. The van der Waals surface area contributed by atoms with Gasteiger partial charge in [-0.05, 0) is 70.1 Å². The summed E-state index contributed by atoms with van der Waals surface area (Å²) in [6.45, 7) is 5.36. The van der Waals surface area contributed by atoms with Crippen LogP contribution in [0.1, 0.15) is 26.2 Å².